The molecule has 1 saturated carbocycles. The average Bonchev–Trinajstić information content (AvgIpc) is 3.16. The second-order valence-electron chi connectivity index (χ2n) is 5.17. The summed E-state index contributed by atoms with van der Waals surface area (Å²) >= 11 is 4.74. The number of aromatic nitrogens is 2. The molecule has 1 aromatic heterocycles. The van der Waals surface area contributed by atoms with Gasteiger partial charge in [-0.2, -0.15) is 18.3 Å². The standard InChI is InChI=1S/C14H13F3N4S/c15-14(16,17)12-7-11(8-1-2-8)21(20-12)10-5-3-9(4-6-10)19-13(18)22/h3-8H,1-2H2,(H3,18,19,22). The highest BCUT2D eigenvalue weighted by atomic mass is 32.1. The third kappa shape index (κ3) is 3.06. The lowest BCUT2D eigenvalue weighted by Gasteiger charge is -2.08. The molecule has 1 heterocycles. The van der Waals surface area contributed by atoms with Gasteiger partial charge in [0.05, 0.1) is 5.69 Å². The Morgan fingerprint density at radius 1 is 1.27 bits per heavy atom. The van der Waals surface area contributed by atoms with E-state index in [0.717, 1.165) is 18.9 Å². The largest absolute Gasteiger partial charge is 0.435 e. The van der Waals surface area contributed by atoms with Gasteiger partial charge in [0.2, 0.25) is 0 Å². The highest BCUT2D eigenvalue weighted by Gasteiger charge is 2.38. The number of anilines is 1. The van der Waals surface area contributed by atoms with E-state index in [2.05, 4.69) is 10.4 Å². The molecule has 1 fully saturated rings. The minimum Gasteiger partial charge on any atom is -0.376 e. The van der Waals surface area contributed by atoms with Crippen molar-refractivity contribution in [2.45, 2.75) is 24.9 Å². The predicted octanol–water partition coefficient (Wildman–Crippen LogP) is 3.42. The van der Waals surface area contributed by atoms with Gasteiger partial charge in [0.15, 0.2) is 10.8 Å². The number of thiocarbonyl (C=S) groups is 1. The summed E-state index contributed by atoms with van der Waals surface area (Å²) in [7, 11) is 0. The van der Waals surface area contributed by atoms with Gasteiger partial charge in [-0.3, -0.25) is 0 Å². The van der Waals surface area contributed by atoms with Crippen LogP contribution in [0.1, 0.15) is 30.1 Å². The van der Waals surface area contributed by atoms with Crippen molar-refractivity contribution in [1.82, 2.24) is 9.78 Å². The molecule has 0 amide bonds. The van der Waals surface area contributed by atoms with Crippen molar-refractivity contribution in [2.24, 2.45) is 5.73 Å². The molecular weight excluding hydrogens is 313 g/mol. The molecule has 116 valence electrons. The van der Waals surface area contributed by atoms with Crippen molar-refractivity contribution in [3.63, 3.8) is 0 Å². The molecule has 1 aliphatic carbocycles. The third-order valence-corrected chi connectivity index (χ3v) is 3.50. The number of rotatable bonds is 3. The molecular formula is C14H13F3N4S. The summed E-state index contributed by atoms with van der Waals surface area (Å²) in [6.07, 6.45) is -2.66. The summed E-state index contributed by atoms with van der Waals surface area (Å²) in [5.74, 6) is 0.151. The van der Waals surface area contributed by atoms with Crippen LogP contribution in [0.15, 0.2) is 30.3 Å². The fraction of sp³-hybridized carbons (Fsp3) is 0.286. The van der Waals surface area contributed by atoms with Gasteiger partial charge >= 0.3 is 6.18 Å². The number of hydrogen-bond donors (Lipinski definition) is 2. The summed E-state index contributed by atoms with van der Waals surface area (Å²) in [5, 5.41) is 6.62. The van der Waals surface area contributed by atoms with Gasteiger partial charge in [0, 0.05) is 17.3 Å². The van der Waals surface area contributed by atoms with Crippen LogP contribution >= 0.6 is 12.2 Å². The van der Waals surface area contributed by atoms with E-state index < -0.39 is 11.9 Å². The van der Waals surface area contributed by atoms with Crippen LogP contribution in [0.4, 0.5) is 18.9 Å². The van der Waals surface area contributed by atoms with E-state index in [9.17, 15) is 13.2 Å². The molecule has 1 aromatic carbocycles. The van der Waals surface area contributed by atoms with Gasteiger partial charge in [0.1, 0.15) is 0 Å². The number of benzene rings is 1. The average molecular weight is 326 g/mol. The molecule has 8 heteroatoms. The van der Waals surface area contributed by atoms with Gasteiger partial charge in [-0.15, -0.1) is 0 Å². The predicted molar refractivity (Wildman–Crippen MR) is 80.9 cm³/mol. The minimum absolute atomic E-state index is 0.130. The first kappa shape index (κ1) is 14.8. The van der Waals surface area contributed by atoms with Gasteiger partial charge < -0.3 is 11.1 Å². The summed E-state index contributed by atoms with van der Waals surface area (Å²) < 4.78 is 40.0. The molecule has 0 bridgehead atoms. The normalized spacial score (nSPS) is 14.9. The Bertz CT molecular complexity index is 702. The molecule has 0 radical (unpaired) electrons. The van der Waals surface area contributed by atoms with Crippen LogP contribution < -0.4 is 11.1 Å². The SMILES string of the molecule is NC(=S)Nc1ccc(-n2nc(C(F)(F)F)cc2C2CC2)cc1. The summed E-state index contributed by atoms with van der Waals surface area (Å²) in [6, 6.07) is 7.89. The molecule has 2 aromatic rings. The molecule has 3 rings (SSSR count). The first-order valence-electron chi connectivity index (χ1n) is 6.68. The van der Waals surface area contributed by atoms with Crippen molar-refractivity contribution in [1.29, 1.82) is 0 Å². The number of nitrogens with zero attached hydrogens (tertiary/aromatic N) is 2. The first-order valence-corrected chi connectivity index (χ1v) is 7.09. The lowest BCUT2D eigenvalue weighted by Crippen LogP contribution is -2.18. The van der Waals surface area contributed by atoms with Crippen molar-refractivity contribution in [3.8, 4) is 5.69 Å². The fourth-order valence-corrected chi connectivity index (χ4v) is 2.36. The van der Waals surface area contributed by atoms with Crippen LogP contribution in [0.25, 0.3) is 5.69 Å². The Morgan fingerprint density at radius 2 is 1.91 bits per heavy atom. The van der Waals surface area contributed by atoms with Crippen LogP contribution in [0.5, 0.6) is 0 Å². The van der Waals surface area contributed by atoms with Crippen LogP contribution in [0.3, 0.4) is 0 Å². The van der Waals surface area contributed by atoms with Crippen LogP contribution in [-0.4, -0.2) is 14.9 Å². The van der Waals surface area contributed by atoms with E-state index in [1.54, 1.807) is 24.3 Å². The Labute approximate surface area is 130 Å². The van der Waals surface area contributed by atoms with E-state index in [0.29, 0.717) is 17.1 Å². The molecule has 3 N–H and O–H groups in total. The van der Waals surface area contributed by atoms with Crippen LogP contribution in [0.2, 0.25) is 0 Å². The quantitative estimate of drug-likeness (QED) is 0.849. The molecule has 0 atom stereocenters. The molecule has 0 aliphatic heterocycles. The van der Waals surface area contributed by atoms with Gasteiger partial charge in [-0.25, -0.2) is 4.68 Å². The number of hydrogen-bond acceptors (Lipinski definition) is 2. The lowest BCUT2D eigenvalue weighted by atomic mass is 10.2. The second kappa shape index (κ2) is 5.28. The van der Waals surface area contributed by atoms with Gasteiger partial charge in [-0.1, -0.05) is 0 Å². The van der Waals surface area contributed by atoms with Gasteiger partial charge in [0.25, 0.3) is 0 Å². The Balaban J connectivity index is 1.96. The van der Waals surface area contributed by atoms with Crippen LogP contribution in [0, 0.1) is 0 Å². The zero-order valence-corrected chi connectivity index (χ0v) is 12.2. The first-order chi connectivity index (χ1) is 10.3. The lowest BCUT2D eigenvalue weighted by molar-refractivity contribution is -0.141. The maximum Gasteiger partial charge on any atom is 0.435 e. The number of alkyl halides is 3. The molecule has 22 heavy (non-hydrogen) atoms. The fourth-order valence-electron chi connectivity index (χ4n) is 2.24. The van der Waals surface area contributed by atoms with E-state index in [1.807, 2.05) is 0 Å². The smallest absolute Gasteiger partial charge is 0.376 e. The number of nitrogens with one attached hydrogen (secondary N) is 1. The molecule has 1 aliphatic rings. The number of halogens is 3. The van der Waals surface area contributed by atoms with Crippen LogP contribution in [-0.2, 0) is 6.18 Å². The van der Waals surface area contributed by atoms with Gasteiger partial charge in [-0.05, 0) is 55.4 Å². The van der Waals surface area contributed by atoms with E-state index in [4.69, 9.17) is 18.0 Å². The Hall–Kier alpha value is -2.09. The number of nitrogens with two attached hydrogens (primary N) is 1. The Morgan fingerprint density at radius 3 is 2.41 bits per heavy atom. The van der Waals surface area contributed by atoms with Crippen molar-refractivity contribution in [3.05, 3.63) is 41.7 Å². The zero-order valence-electron chi connectivity index (χ0n) is 11.4. The molecule has 0 spiro atoms. The van der Waals surface area contributed by atoms with Crippen molar-refractivity contribution in [2.75, 3.05) is 5.32 Å². The highest BCUT2D eigenvalue weighted by Crippen LogP contribution is 2.42. The summed E-state index contributed by atoms with van der Waals surface area (Å²) in [5.41, 5.74) is 6.36. The molecule has 4 nitrogen and oxygen atoms in total. The highest BCUT2D eigenvalue weighted by molar-refractivity contribution is 7.80. The van der Waals surface area contributed by atoms with E-state index in [1.165, 1.54) is 4.68 Å². The monoisotopic (exact) mass is 326 g/mol. The maximum atomic E-state index is 12.9. The zero-order chi connectivity index (χ0) is 15.9. The maximum absolute atomic E-state index is 12.9. The third-order valence-electron chi connectivity index (χ3n) is 3.40. The summed E-state index contributed by atoms with van der Waals surface area (Å²) in [6.45, 7) is 0. The van der Waals surface area contributed by atoms with Crippen molar-refractivity contribution < 1.29 is 13.2 Å². The second-order valence-corrected chi connectivity index (χ2v) is 5.61. The minimum atomic E-state index is -4.44. The van der Waals surface area contributed by atoms with E-state index in [-0.39, 0.29) is 11.0 Å². The van der Waals surface area contributed by atoms with Crippen molar-refractivity contribution >= 4 is 23.0 Å². The molecule has 0 saturated heterocycles. The van der Waals surface area contributed by atoms with E-state index >= 15 is 0 Å². The molecule has 0 unspecified atom stereocenters. The summed E-state index contributed by atoms with van der Waals surface area (Å²) in [4.78, 5) is 0. The Kier molecular flexibility index (Phi) is 3.56. The topological polar surface area (TPSA) is 55.9 Å².